The van der Waals surface area contributed by atoms with Crippen LogP contribution in [0.3, 0.4) is 0 Å². The normalized spacial score (nSPS) is 20.3. The smallest absolute Gasteiger partial charge is 0.327 e. The summed E-state index contributed by atoms with van der Waals surface area (Å²) in [5.41, 5.74) is 2.90. The van der Waals surface area contributed by atoms with Crippen LogP contribution in [0.5, 0.6) is 0 Å². The summed E-state index contributed by atoms with van der Waals surface area (Å²) in [7, 11) is 1.62. The molecule has 8 nitrogen and oxygen atoms in total. The molecule has 1 atom stereocenters. The number of nitrogens with zero attached hydrogens (tertiary/aromatic N) is 4. The predicted octanol–water partition coefficient (Wildman–Crippen LogP) is 4.37. The number of ether oxygens (including phenoxy) is 1. The number of fused-ring (bicyclic) bond motifs is 1. The maximum absolute atomic E-state index is 12.3. The van der Waals surface area contributed by atoms with Crippen molar-refractivity contribution in [3.05, 3.63) is 45.0 Å². The van der Waals surface area contributed by atoms with Crippen LogP contribution in [0.1, 0.15) is 24.3 Å². The number of hydrogen-bond donors (Lipinski definition) is 1. The van der Waals surface area contributed by atoms with Gasteiger partial charge in [0.05, 0.1) is 34.2 Å². The van der Waals surface area contributed by atoms with Gasteiger partial charge in [-0.15, -0.1) is 11.3 Å². The molecule has 4 heterocycles. The number of urea groups is 1. The Morgan fingerprint density at radius 1 is 1.23 bits per heavy atom. The number of carbonyl (C=O) groups excluding carboxylic acids is 2. The lowest BCUT2D eigenvalue weighted by atomic mass is 9.96. The van der Waals surface area contributed by atoms with Gasteiger partial charge in [-0.1, -0.05) is 23.2 Å². The average Bonchev–Trinajstić information content (AvgIpc) is 3.30. The van der Waals surface area contributed by atoms with Crippen LogP contribution < -0.4 is 5.32 Å². The van der Waals surface area contributed by atoms with Gasteiger partial charge in [-0.25, -0.2) is 14.8 Å². The van der Waals surface area contributed by atoms with E-state index in [4.69, 9.17) is 27.9 Å². The number of morpholine rings is 1. The number of rotatable bonds is 5. The molecule has 184 valence electrons. The number of nitrogens with one attached hydrogen (secondary N) is 1. The highest BCUT2D eigenvalue weighted by atomic mass is 35.5. The molecule has 1 N–H and O–H groups in total. The Bertz CT molecular complexity index is 1330. The third-order valence-corrected chi connectivity index (χ3v) is 7.83. The Labute approximate surface area is 217 Å². The number of hydrogen-bond acceptors (Lipinski definition) is 7. The summed E-state index contributed by atoms with van der Waals surface area (Å²) < 4.78 is 7.14. The summed E-state index contributed by atoms with van der Waals surface area (Å²) in [6.07, 6.45) is 2.04. The highest BCUT2D eigenvalue weighted by Gasteiger charge is 2.34. The molecule has 0 saturated carbocycles. The molecule has 11 heteroatoms. The van der Waals surface area contributed by atoms with Crippen LogP contribution >= 0.6 is 34.5 Å². The number of aromatic nitrogens is 2. The summed E-state index contributed by atoms with van der Waals surface area (Å²) >= 11 is 14.6. The molecule has 2 saturated heterocycles. The Kier molecular flexibility index (Phi) is 6.48. The second kappa shape index (κ2) is 9.29. The zero-order valence-corrected chi connectivity index (χ0v) is 21.9. The quantitative estimate of drug-likeness (QED) is 0.490. The van der Waals surface area contributed by atoms with Crippen molar-refractivity contribution in [2.24, 2.45) is 0 Å². The Morgan fingerprint density at radius 3 is 2.74 bits per heavy atom. The van der Waals surface area contributed by atoms with E-state index >= 15 is 0 Å². The zero-order valence-electron chi connectivity index (χ0n) is 19.6. The van der Waals surface area contributed by atoms with Crippen molar-refractivity contribution >= 4 is 56.7 Å². The SMILES string of the molecule is CN1CC(=O)N(Cc2cc3ncnc(-c4cc(Cl)cc(Cl)c4CC4CNCC(C)(C)O4)c3s2)C1=O. The van der Waals surface area contributed by atoms with E-state index in [-0.39, 0.29) is 36.7 Å². The first-order valence-corrected chi connectivity index (χ1v) is 12.8. The van der Waals surface area contributed by atoms with Gasteiger partial charge in [0.2, 0.25) is 0 Å². The molecule has 5 rings (SSSR count). The monoisotopic (exact) mass is 533 g/mol. The molecule has 0 radical (unpaired) electrons. The number of carbonyl (C=O) groups is 2. The maximum atomic E-state index is 12.3. The largest absolute Gasteiger partial charge is 0.369 e. The predicted molar refractivity (Wildman–Crippen MR) is 137 cm³/mol. The number of thiophene rings is 1. The van der Waals surface area contributed by atoms with Gasteiger partial charge >= 0.3 is 6.03 Å². The molecule has 2 aliphatic rings. The van der Waals surface area contributed by atoms with E-state index in [2.05, 4.69) is 29.1 Å². The van der Waals surface area contributed by atoms with Crippen molar-refractivity contribution in [3.63, 3.8) is 0 Å². The van der Waals surface area contributed by atoms with Gasteiger partial charge in [0.25, 0.3) is 5.91 Å². The molecule has 3 aromatic rings. The molecule has 1 unspecified atom stereocenters. The standard InChI is InChI=1S/C24H25Cl2N5O3S/c1-24(2)11-27-8-14(34-24)6-16-17(4-13(25)5-18(16)26)21-22-19(28-12-29-21)7-15(35-22)9-31-20(32)10-30(3)23(31)33/h4-5,7,12,14,27H,6,8-11H2,1-3H3. The van der Waals surface area contributed by atoms with E-state index in [1.54, 1.807) is 13.1 Å². The van der Waals surface area contributed by atoms with Crippen molar-refractivity contribution < 1.29 is 14.3 Å². The first-order valence-electron chi connectivity index (χ1n) is 11.3. The highest BCUT2D eigenvalue weighted by molar-refractivity contribution is 7.19. The maximum Gasteiger partial charge on any atom is 0.327 e. The van der Waals surface area contributed by atoms with Crippen molar-refractivity contribution in [2.75, 3.05) is 26.7 Å². The van der Waals surface area contributed by atoms with Crippen LogP contribution in [-0.2, 0) is 22.5 Å². The number of likely N-dealkylation sites (N-methyl/N-ethyl adjacent to an activating group) is 1. The van der Waals surface area contributed by atoms with E-state index in [1.165, 1.54) is 27.5 Å². The minimum Gasteiger partial charge on any atom is -0.369 e. The van der Waals surface area contributed by atoms with Gasteiger partial charge < -0.3 is 15.0 Å². The molecule has 2 aromatic heterocycles. The minimum absolute atomic E-state index is 0.0587. The average molecular weight is 534 g/mol. The van der Waals surface area contributed by atoms with Crippen molar-refractivity contribution in [1.82, 2.24) is 25.1 Å². The van der Waals surface area contributed by atoms with Crippen molar-refractivity contribution in [3.8, 4) is 11.3 Å². The summed E-state index contributed by atoms with van der Waals surface area (Å²) in [6.45, 7) is 5.91. The fraction of sp³-hybridized carbons (Fsp3) is 0.417. The number of benzene rings is 1. The molecule has 0 bridgehead atoms. The Hall–Kier alpha value is -2.30. The summed E-state index contributed by atoms with van der Waals surface area (Å²) in [6, 6.07) is 5.20. The molecule has 0 spiro atoms. The van der Waals surface area contributed by atoms with E-state index in [1.807, 2.05) is 12.1 Å². The van der Waals surface area contributed by atoms with Gasteiger partial charge in [-0.2, -0.15) is 0 Å². The van der Waals surface area contributed by atoms with E-state index in [9.17, 15) is 9.59 Å². The van der Waals surface area contributed by atoms with E-state index in [0.29, 0.717) is 22.2 Å². The van der Waals surface area contributed by atoms with Crippen LogP contribution in [-0.4, -0.2) is 70.1 Å². The molecular formula is C24H25Cl2N5O3S. The molecule has 2 aliphatic heterocycles. The summed E-state index contributed by atoms with van der Waals surface area (Å²) in [4.78, 5) is 37.1. The Balaban J connectivity index is 1.53. The second-order valence-electron chi connectivity index (χ2n) is 9.52. The number of amides is 3. The van der Waals surface area contributed by atoms with Crippen molar-refractivity contribution in [1.29, 1.82) is 0 Å². The molecule has 35 heavy (non-hydrogen) atoms. The first-order chi connectivity index (χ1) is 16.6. The van der Waals surface area contributed by atoms with Crippen LogP contribution in [0.25, 0.3) is 21.5 Å². The van der Waals surface area contributed by atoms with Crippen LogP contribution in [0.2, 0.25) is 10.0 Å². The topological polar surface area (TPSA) is 87.7 Å². The van der Waals surface area contributed by atoms with Gasteiger partial charge in [-0.3, -0.25) is 9.69 Å². The number of halogens is 2. The molecule has 3 amide bonds. The van der Waals surface area contributed by atoms with Crippen LogP contribution in [0.15, 0.2) is 24.5 Å². The second-order valence-corrected chi connectivity index (χ2v) is 11.5. The molecule has 0 aliphatic carbocycles. The number of imide groups is 1. The van der Waals surface area contributed by atoms with E-state index in [0.717, 1.165) is 39.3 Å². The van der Waals surface area contributed by atoms with Gasteiger partial charge in [-0.05, 0) is 37.6 Å². The van der Waals surface area contributed by atoms with Gasteiger partial charge in [0, 0.05) is 47.0 Å². The summed E-state index contributed by atoms with van der Waals surface area (Å²) in [5.74, 6) is -0.214. The minimum atomic E-state index is -0.299. The van der Waals surface area contributed by atoms with Crippen LogP contribution in [0.4, 0.5) is 4.79 Å². The third kappa shape index (κ3) is 4.88. The zero-order chi connectivity index (χ0) is 24.9. The lowest BCUT2D eigenvalue weighted by Gasteiger charge is -2.37. The van der Waals surface area contributed by atoms with Crippen LogP contribution in [0, 0.1) is 0 Å². The Morgan fingerprint density at radius 2 is 2.03 bits per heavy atom. The van der Waals surface area contributed by atoms with Gasteiger partial charge in [0.15, 0.2) is 0 Å². The fourth-order valence-electron chi connectivity index (χ4n) is 4.59. The molecular weight excluding hydrogens is 509 g/mol. The lowest BCUT2D eigenvalue weighted by Crippen LogP contribution is -2.51. The highest BCUT2D eigenvalue weighted by Crippen LogP contribution is 2.39. The van der Waals surface area contributed by atoms with E-state index < -0.39 is 0 Å². The first kappa shape index (κ1) is 24.4. The lowest BCUT2D eigenvalue weighted by molar-refractivity contribution is -0.125. The third-order valence-electron chi connectivity index (χ3n) is 6.16. The molecule has 1 aromatic carbocycles. The summed E-state index contributed by atoms with van der Waals surface area (Å²) in [5, 5.41) is 4.50. The molecule has 2 fully saturated rings. The van der Waals surface area contributed by atoms with Crippen molar-refractivity contribution in [2.45, 2.75) is 38.5 Å². The fourth-order valence-corrected chi connectivity index (χ4v) is 6.26. The van der Waals surface area contributed by atoms with Gasteiger partial charge in [0.1, 0.15) is 12.9 Å².